The molecule has 0 aliphatic carbocycles. The topological polar surface area (TPSA) is 22.2 Å². The van der Waals surface area contributed by atoms with Crippen LogP contribution in [-0.2, 0) is 14.1 Å². The molecule has 0 aromatic carbocycles. The molecule has 1 rings (SSSR count). The fourth-order valence-electron chi connectivity index (χ4n) is 0.764. The molecule has 3 nitrogen and oxygen atoms in total. The normalized spacial score (nSPS) is 9.67. The maximum atomic E-state index is 3.97. The fraction of sp³-hybridized carbons (Fsp3) is 0.400. The van der Waals surface area contributed by atoms with Crippen molar-refractivity contribution >= 4 is 9.39 Å². The van der Waals surface area contributed by atoms with Crippen molar-refractivity contribution in [3.63, 3.8) is 0 Å². The molecular formula is C5H10N3P. The lowest BCUT2D eigenvalue weighted by Crippen LogP contribution is -2.20. The van der Waals surface area contributed by atoms with Gasteiger partial charge in [-0.1, -0.05) is 0 Å². The van der Waals surface area contributed by atoms with E-state index in [0.717, 1.165) is 5.62 Å². The summed E-state index contributed by atoms with van der Waals surface area (Å²) in [6, 6.07) is 0. The highest BCUT2D eigenvalue weighted by Gasteiger charge is 1.87. The quantitative estimate of drug-likeness (QED) is 0.458. The summed E-state index contributed by atoms with van der Waals surface area (Å²) in [7, 11) is 6.26. The van der Waals surface area contributed by atoms with Gasteiger partial charge in [0.15, 0.2) is 0 Å². The molecule has 0 aliphatic rings. The Hall–Kier alpha value is -0.560. The van der Waals surface area contributed by atoms with E-state index in [9.17, 15) is 0 Å². The van der Waals surface area contributed by atoms with Crippen LogP contribution in [0.25, 0.3) is 0 Å². The smallest absolute Gasteiger partial charge is 0.207 e. The van der Waals surface area contributed by atoms with Crippen molar-refractivity contribution in [3.05, 3.63) is 18.0 Å². The molecule has 0 bridgehead atoms. The summed E-state index contributed by atoms with van der Waals surface area (Å²) in [5, 5.41) is 0. The highest BCUT2D eigenvalue weighted by atomic mass is 31.0. The van der Waals surface area contributed by atoms with Gasteiger partial charge in [-0.2, -0.15) is 0 Å². The number of imidazole rings is 1. The molecule has 0 amide bonds. The summed E-state index contributed by atoms with van der Waals surface area (Å²) in [6.45, 7) is 0. The van der Waals surface area contributed by atoms with Gasteiger partial charge in [0.05, 0.1) is 0 Å². The van der Waals surface area contributed by atoms with Crippen LogP contribution in [0, 0.1) is 0 Å². The first-order valence-corrected chi connectivity index (χ1v) is 3.19. The van der Waals surface area contributed by atoms with Gasteiger partial charge in [0.1, 0.15) is 0 Å². The van der Waals surface area contributed by atoms with Gasteiger partial charge >= 0.3 is 0 Å². The van der Waals surface area contributed by atoms with Crippen LogP contribution in [0.15, 0.2) is 17.2 Å². The average molecular weight is 143 g/mol. The van der Waals surface area contributed by atoms with Gasteiger partial charge in [-0.15, -0.1) is 0 Å². The highest BCUT2D eigenvalue weighted by Crippen LogP contribution is 1.80. The fourth-order valence-corrected chi connectivity index (χ4v) is 1.13. The maximum absolute atomic E-state index is 3.97. The molecule has 0 radical (unpaired) electrons. The lowest BCUT2D eigenvalue weighted by molar-refractivity contribution is 0.755. The Labute approximate surface area is 56.3 Å². The van der Waals surface area contributed by atoms with Gasteiger partial charge in [0.2, 0.25) is 5.62 Å². The number of hydrogen-bond donors (Lipinski definition) is 0. The third kappa shape index (κ3) is 1.06. The molecule has 0 aliphatic heterocycles. The lowest BCUT2D eigenvalue weighted by atomic mass is 10.9. The van der Waals surface area contributed by atoms with Gasteiger partial charge < -0.3 is 9.13 Å². The summed E-state index contributed by atoms with van der Waals surface area (Å²) in [5.74, 6) is 0. The van der Waals surface area contributed by atoms with Crippen LogP contribution in [0.2, 0.25) is 0 Å². The van der Waals surface area contributed by atoms with Crippen LogP contribution < -0.4 is 5.62 Å². The van der Waals surface area contributed by atoms with Gasteiger partial charge in [0.25, 0.3) is 0 Å². The molecule has 1 heterocycles. The number of aryl methyl sites for hydroxylation is 2. The Morgan fingerprint density at radius 2 is 1.78 bits per heavy atom. The molecule has 1 aromatic rings. The van der Waals surface area contributed by atoms with Crippen molar-refractivity contribution in [1.82, 2.24) is 9.13 Å². The van der Waals surface area contributed by atoms with Crippen LogP contribution >= 0.6 is 9.39 Å². The van der Waals surface area contributed by atoms with Gasteiger partial charge in [-0.25, -0.2) is 4.76 Å². The van der Waals surface area contributed by atoms with E-state index >= 15 is 0 Å². The minimum atomic E-state index is 0.944. The first-order chi connectivity index (χ1) is 4.25. The second-order valence-electron chi connectivity index (χ2n) is 1.95. The van der Waals surface area contributed by atoms with E-state index in [2.05, 4.69) is 14.2 Å². The molecule has 50 valence electrons. The molecule has 1 atom stereocenters. The minimum absolute atomic E-state index is 0.944. The molecule has 4 heteroatoms. The van der Waals surface area contributed by atoms with E-state index in [-0.39, 0.29) is 0 Å². The van der Waals surface area contributed by atoms with Crippen molar-refractivity contribution in [2.75, 3.05) is 0 Å². The van der Waals surface area contributed by atoms with E-state index in [1.807, 2.05) is 35.6 Å². The predicted octanol–water partition coefficient (Wildman–Crippen LogP) is 0.0544. The van der Waals surface area contributed by atoms with E-state index < -0.39 is 0 Å². The number of aromatic nitrogens is 2. The Morgan fingerprint density at radius 1 is 1.33 bits per heavy atom. The Kier molecular flexibility index (Phi) is 1.72. The molecule has 0 saturated carbocycles. The monoisotopic (exact) mass is 143 g/mol. The summed E-state index contributed by atoms with van der Waals surface area (Å²) in [5.41, 5.74) is 0.944. The van der Waals surface area contributed by atoms with Gasteiger partial charge in [0, 0.05) is 26.5 Å². The first kappa shape index (κ1) is 6.56. The highest BCUT2D eigenvalue weighted by molar-refractivity contribution is 7.14. The number of nitrogens with zero attached hydrogens (tertiary/aromatic N) is 3. The zero-order valence-corrected chi connectivity index (χ0v) is 6.73. The van der Waals surface area contributed by atoms with Crippen LogP contribution in [-0.4, -0.2) is 9.13 Å². The Morgan fingerprint density at radius 3 is 2.00 bits per heavy atom. The largest absolute Gasteiger partial charge is 0.320 e. The first-order valence-electron chi connectivity index (χ1n) is 2.67. The van der Waals surface area contributed by atoms with E-state index in [1.54, 1.807) is 0 Å². The van der Waals surface area contributed by atoms with E-state index in [1.165, 1.54) is 0 Å². The third-order valence-electron chi connectivity index (χ3n) is 1.26. The van der Waals surface area contributed by atoms with Crippen molar-refractivity contribution in [2.45, 2.75) is 0 Å². The standard InChI is InChI=1S/C5H10N3P/c1-7-3-4-8(2)5(7)6-9/h3-4H,9H2,1-2H3. The predicted molar refractivity (Wildman–Crippen MR) is 39.7 cm³/mol. The second-order valence-corrected chi connectivity index (χ2v) is 2.21. The van der Waals surface area contributed by atoms with Gasteiger partial charge in [-0.05, 0) is 9.39 Å². The zero-order valence-electron chi connectivity index (χ0n) is 5.57. The Bertz CT molecular complexity index is 235. The molecular weight excluding hydrogens is 133 g/mol. The van der Waals surface area contributed by atoms with Crippen LogP contribution in [0.4, 0.5) is 0 Å². The zero-order chi connectivity index (χ0) is 6.85. The molecule has 1 unspecified atom stereocenters. The van der Waals surface area contributed by atoms with E-state index in [4.69, 9.17) is 0 Å². The molecule has 0 saturated heterocycles. The van der Waals surface area contributed by atoms with Crippen molar-refractivity contribution < 1.29 is 0 Å². The molecule has 0 fully saturated rings. The summed E-state index contributed by atoms with van der Waals surface area (Å²) < 4.78 is 7.88. The number of hydrogen-bond acceptors (Lipinski definition) is 1. The van der Waals surface area contributed by atoms with Crippen LogP contribution in [0.5, 0.6) is 0 Å². The average Bonchev–Trinajstić information content (AvgIpc) is 2.12. The maximum Gasteiger partial charge on any atom is 0.207 e. The SMILES string of the molecule is Cn1ccn(C)c1=NP. The molecule has 0 N–H and O–H groups in total. The van der Waals surface area contributed by atoms with Crippen molar-refractivity contribution in [2.24, 2.45) is 18.9 Å². The lowest BCUT2D eigenvalue weighted by Gasteiger charge is -1.89. The van der Waals surface area contributed by atoms with Crippen molar-refractivity contribution in [3.8, 4) is 0 Å². The second kappa shape index (κ2) is 2.36. The summed E-state index contributed by atoms with van der Waals surface area (Å²) in [6.07, 6.45) is 3.92. The third-order valence-corrected chi connectivity index (χ3v) is 1.49. The Balaban J connectivity index is 3.42. The minimum Gasteiger partial charge on any atom is -0.320 e. The van der Waals surface area contributed by atoms with Crippen molar-refractivity contribution in [1.29, 1.82) is 0 Å². The van der Waals surface area contributed by atoms with Crippen LogP contribution in [0.3, 0.4) is 0 Å². The molecule has 0 spiro atoms. The molecule has 9 heavy (non-hydrogen) atoms. The van der Waals surface area contributed by atoms with E-state index in [0.29, 0.717) is 0 Å². The number of rotatable bonds is 0. The van der Waals surface area contributed by atoms with Gasteiger partial charge in [-0.3, -0.25) is 0 Å². The van der Waals surface area contributed by atoms with Crippen LogP contribution in [0.1, 0.15) is 0 Å². The summed E-state index contributed by atoms with van der Waals surface area (Å²) in [4.78, 5) is 0. The molecule has 1 aromatic heterocycles. The summed E-state index contributed by atoms with van der Waals surface area (Å²) >= 11 is 0.